The van der Waals surface area contributed by atoms with Crippen LogP contribution in [0.5, 0.6) is 0 Å². The van der Waals surface area contributed by atoms with Crippen LogP contribution in [0.25, 0.3) is 0 Å². The Labute approximate surface area is 146 Å². The van der Waals surface area contributed by atoms with Crippen molar-refractivity contribution in [1.29, 1.82) is 0 Å². The van der Waals surface area contributed by atoms with E-state index in [0.717, 1.165) is 5.56 Å². The predicted octanol–water partition coefficient (Wildman–Crippen LogP) is 3.20. The van der Waals surface area contributed by atoms with Crippen molar-refractivity contribution in [3.05, 3.63) is 59.1 Å². The summed E-state index contributed by atoms with van der Waals surface area (Å²) >= 11 is 5.97. The van der Waals surface area contributed by atoms with E-state index in [9.17, 15) is 9.59 Å². The van der Waals surface area contributed by atoms with Gasteiger partial charge in [0, 0.05) is 24.4 Å². The molecule has 0 atom stereocenters. The number of benzene rings is 2. The van der Waals surface area contributed by atoms with Gasteiger partial charge in [0.1, 0.15) is 0 Å². The number of halogens is 1. The second-order valence-electron chi connectivity index (χ2n) is 5.31. The smallest absolute Gasteiger partial charge is 0.225 e. The first-order chi connectivity index (χ1) is 11.6. The van der Waals surface area contributed by atoms with Gasteiger partial charge in [-0.3, -0.25) is 9.59 Å². The molecule has 2 aromatic carbocycles. The van der Waals surface area contributed by atoms with Crippen LogP contribution in [0.2, 0.25) is 5.02 Å². The van der Waals surface area contributed by atoms with Gasteiger partial charge in [0.2, 0.25) is 11.8 Å². The minimum Gasteiger partial charge on any atom is -0.330 e. The van der Waals surface area contributed by atoms with Crippen molar-refractivity contribution in [1.82, 2.24) is 0 Å². The number of anilines is 2. The van der Waals surface area contributed by atoms with Crippen LogP contribution >= 0.6 is 11.6 Å². The van der Waals surface area contributed by atoms with E-state index in [2.05, 4.69) is 10.6 Å². The van der Waals surface area contributed by atoms with Crippen LogP contribution in [0, 0.1) is 0 Å². The van der Waals surface area contributed by atoms with Gasteiger partial charge in [-0.05, 0) is 30.2 Å². The number of nitrogens with two attached hydrogens (primary N) is 1. The van der Waals surface area contributed by atoms with E-state index in [1.165, 1.54) is 0 Å². The average Bonchev–Trinajstić information content (AvgIpc) is 2.56. The maximum atomic E-state index is 12.2. The van der Waals surface area contributed by atoms with Gasteiger partial charge in [-0.25, -0.2) is 0 Å². The molecule has 4 N–H and O–H groups in total. The molecule has 0 aliphatic heterocycles. The van der Waals surface area contributed by atoms with E-state index in [1.807, 2.05) is 30.3 Å². The van der Waals surface area contributed by atoms with Gasteiger partial charge >= 0.3 is 0 Å². The number of hydrogen-bond acceptors (Lipinski definition) is 3. The van der Waals surface area contributed by atoms with E-state index < -0.39 is 0 Å². The fourth-order valence-corrected chi connectivity index (χ4v) is 2.36. The van der Waals surface area contributed by atoms with Crippen LogP contribution in [-0.4, -0.2) is 18.4 Å². The summed E-state index contributed by atoms with van der Waals surface area (Å²) in [5.41, 5.74) is 7.45. The summed E-state index contributed by atoms with van der Waals surface area (Å²) in [4.78, 5) is 23.9. The van der Waals surface area contributed by atoms with E-state index in [0.29, 0.717) is 29.2 Å². The van der Waals surface area contributed by atoms with Gasteiger partial charge in [-0.15, -0.1) is 0 Å². The fraction of sp³-hybridized carbons (Fsp3) is 0.222. The Kier molecular flexibility index (Phi) is 6.78. The predicted molar refractivity (Wildman–Crippen MR) is 97.1 cm³/mol. The highest BCUT2D eigenvalue weighted by molar-refractivity contribution is 6.31. The molecule has 0 saturated carbocycles. The number of hydrogen-bond donors (Lipinski definition) is 3. The van der Waals surface area contributed by atoms with Gasteiger partial charge in [-0.2, -0.15) is 0 Å². The lowest BCUT2D eigenvalue weighted by atomic mass is 10.1. The zero-order valence-electron chi connectivity index (χ0n) is 13.2. The molecule has 5 nitrogen and oxygen atoms in total. The summed E-state index contributed by atoms with van der Waals surface area (Å²) < 4.78 is 0. The Hall–Kier alpha value is -2.37. The Morgan fingerprint density at radius 2 is 1.58 bits per heavy atom. The molecule has 2 amide bonds. The summed E-state index contributed by atoms with van der Waals surface area (Å²) in [6.07, 6.45) is 1.20. The highest BCUT2D eigenvalue weighted by Crippen LogP contribution is 2.26. The van der Waals surface area contributed by atoms with E-state index in [-0.39, 0.29) is 24.8 Å². The molecule has 24 heavy (non-hydrogen) atoms. The zero-order chi connectivity index (χ0) is 17.4. The van der Waals surface area contributed by atoms with Crippen molar-refractivity contribution >= 4 is 34.8 Å². The van der Waals surface area contributed by atoms with E-state index in [1.54, 1.807) is 18.2 Å². The minimum atomic E-state index is -0.223. The zero-order valence-corrected chi connectivity index (χ0v) is 14.0. The van der Waals surface area contributed by atoms with Crippen LogP contribution in [0.4, 0.5) is 11.4 Å². The van der Waals surface area contributed by atoms with Crippen LogP contribution < -0.4 is 16.4 Å². The molecule has 126 valence electrons. The highest BCUT2D eigenvalue weighted by atomic mass is 35.5. The maximum Gasteiger partial charge on any atom is 0.225 e. The number of carbonyl (C=O) groups excluding carboxylic acids is 2. The molecule has 0 unspecified atom stereocenters. The largest absolute Gasteiger partial charge is 0.330 e. The lowest BCUT2D eigenvalue weighted by molar-refractivity contribution is -0.117. The quantitative estimate of drug-likeness (QED) is 0.720. The molecule has 2 rings (SSSR count). The van der Waals surface area contributed by atoms with Gasteiger partial charge in [0.25, 0.3) is 0 Å². The van der Waals surface area contributed by atoms with Crippen molar-refractivity contribution in [3.63, 3.8) is 0 Å². The summed E-state index contributed by atoms with van der Waals surface area (Å²) in [7, 11) is 0. The molecular formula is C18H20ClN3O2. The third-order valence-corrected chi connectivity index (χ3v) is 3.62. The molecule has 0 radical (unpaired) electrons. The van der Waals surface area contributed by atoms with E-state index in [4.69, 9.17) is 17.3 Å². The molecule has 0 fully saturated rings. The molecule has 0 aliphatic carbocycles. The minimum absolute atomic E-state index is 0.129. The first-order valence-electron chi connectivity index (χ1n) is 7.71. The van der Waals surface area contributed by atoms with Crippen LogP contribution in [0.1, 0.15) is 18.4 Å². The van der Waals surface area contributed by atoms with Gasteiger partial charge in [-0.1, -0.05) is 41.9 Å². The normalized spacial score (nSPS) is 10.2. The van der Waals surface area contributed by atoms with Crippen molar-refractivity contribution in [2.75, 3.05) is 17.2 Å². The van der Waals surface area contributed by atoms with Gasteiger partial charge < -0.3 is 16.4 Å². The molecule has 0 saturated heterocycles. The number of amides is 2. The summed E-state index contributed by atoms with van der Waals surface area (Å²) in [6, 6.07) is 14.7. The molecule has 0 bridgehead atoms. The lowest BCUT2D eigenvalue weighted by Crippen LogP contribution is -2.19. The molecule has 0 aliphatic rings. The topological polar surface area (TPSA) is 84.2 Å². The third kappa shape index (κ3) is 5.68. The van der Waals surface area contributed by atoms with Crippen LogP contribution in [0.3, 0.4) is 0 Å². The summed E-state index contributed by atoms with van der Waals surface area (Å²) in [5, 5.41) is 6.00. The van der Waals surface area contributed by atoms with Crippen molar-refractivity contribution in [2.24, 2.45) is 5.73 Å². The Bertz CT molecular complexity index is 705. The Morgan fingerprint density at radius 3 is 2.29 bits per heavy atom. The first kappa shape index (κ1) is 18.0. The Morgan fingerprint density at radius 1 is 0.917 bits per heavy atom. The standard InChI is InChI=1S/C18H20ClN3O2/c19-14-7-8-15(16(12-14)22-18(24)10-11-20)21-17(23)9-6-13-4-2-1-3-5-13/h1-5,7-8,12H,6,9-11,20H2,(H,21,23)(H,22,24). The second-order valence-corrected chi connectivity index (χ2v) is 5.75. The molecule has 0 aromatic heterocycles. The second kappa shape index (κ2) is 9.05. The van der Waals surface area contributed by atoms with Crippen LogP contribution in [0.15, 0.2) is 48.5 Å². The molecule has 6 heteroatoms. The SMILES string of the molecule is NCCC(=O)Nc1cc(Cl)ccc1NC(=O)CCc1ccccc1. The first-order valence-corrected chi connectivity index (χ1v) is 8.09. The average molecular weight is 346 g/mol. The van der Waals surface area contributed by atoms with Crippen molar-refractivity contribution < 1.29 is 9.59 Å². The molecule has 0 spiro atoms. The van der Waals surface area contributed by atoms with Gasteiger partial charge in [0.15, 0.2) is 0 Å². The van der Waals surface area contributed by atoms with Gasteiger partial charge in [0.05, 0.1) is 11.4 Å². The Balaban J connectivity index is 2.00. The number of nitrogens with one attached hydrogen (secondary N) is 2. The molecule has 2 aromatic rings. The molecule has 0 heterocycles. The van der Waals surface area contributed by atoms with Crippen molar-refractivity contribution in [3.8, 4) is 0 Å². The maximum absolute atomic E-state index is 12.2. The highest BCUT2D eigenvalue weighted by Gasteiger charge is 2.10. The number of aryl methyl sites for hydroxylation is 1. The van der Waals surface area contributed by atoms with Crippen molar-refractivity contribution in [2.45, 2.75) is 19.3 Å². The number of carbonyl (C=O) groups is 2. The summed E-state index contributed by atoms with van der Waals surface area (Å²) in [5.74, 6) is -0.352. The van der Waals surface area contributed by atoms with E-state index >= 15 is 0 Å². The summed E-state index contributed by atoms with van der Waals surface area (Å²) in [6.45, 7) is 0.255. The number of rotatable bonds is 7. The lowest BCUT2D eigenvalue weighted by Gasteiger charge is -2.13. The monoisotopic (exact) mass is 345 g/mol. The fourth-order valence-electron chi connectivity index (χ4n) is 2.19. The van der Waals surface area contributed by atoms with Crippen LogP contribution in [-0.2, 0) is 16.0 Å². The third-order valence-electron chi connectivity index (χ3n) is 3.38. The molecular weight excluding hydrogens is 326 g/mol.